The monoisotopic (exact) mass is 387 g/mol. The first-order chi connectivity index (χ1) is 12.5. The van der Waals surface area contributed by atoms with E-state index in [1.165, 1.54) is 0 Å². The molecule has 0 aliphatic rings. The minimum atomic E-state index is -0.579. The number of hydrogen-bond acceptors (Lipinski definition) is 2. The molecule has 0 aromatic heterocycles. The summed E-state index contributed by atoms with van der Waals surface area (Å²) in [5.74, 6) is 0.00682. The maximum atomic E-state index is 12.4. The Labute approximate surface area is 162 Å². The lowest BCUT2D eigenvalue weighted by atomic mass is 9.92. The van der Waals surface area contributed by atoms with E-state index < -0.39 is 6.04 Å². The fraction of sp³-hybridized carbons (Fsp3) is 0.190. The van der Waals surface area contributed by atoms with E-state index in [9.17, 15) is 9.90 Å². The number of carbonyl (C=O) groups excluding carboxylic acids is 1. The lowest BCUT2D eigenvalue weighted by Gasteiger charge is -2.23. The van der Waals surface area contributed by atoms with Gasteiger partial charge in [-0.15, -0.1) is 0 Å². The molecule has 0 bridgehead atoms. The first-order valence-electron chi connectivity index (χ1n) is 8.46. The number of phenols is 1. The van der Waals surface area contributed by atoms with E-state index in [1.807, 2.05) is 37.3 Å². The van der Waals surface area contributed by atoms with Crippen molar-refractivity contribution in [2.24, 2.45) is 0 Å². The highest BCUT2D eigenvalue weighted by Crippen LogP contribution is 2.38. The molecule has 0 fully saturated rings. The molecule has 0 radical (unpaired) electrons. The maximum Gasteiger partial charge on any atom is 0.220 e. The highest BCUT2D eigenvalue weighted by Gasteiger charge is 2.24. The van der Waals surface area contributed by atoms with Crippen LogP contribution in [0.1, 0.15) is 36.9 Å². The van der Waals surface area contributed by atoms with E-state index in [1.54, 1.807) is 24.3 Å². The summed E-state index contributed by atoms with van der Waals surface area (Å²) in [6, 6.07) is 15.8. The van der Waals surface area contributed by atoms with Crippen LogP contribution in [0.3, 0.4) is 0 Å². The standard InChI is InChI=1S/C21H19Cl2NO2/c1-2-5-19(26)24-21(16-10-9-14(22)12-17(16)23)20-15-7-4-3-6-13(15)8-11-18(20)25/h3-4,6-12,21,25H,2,5H2,1H3,(H,24,26)/t21-/m0/s1. The molecule has 1 atom stereocenters. The molecule has 0 aliphatic heterocycles. The molecule has 134 valence electrons. The van der Waals surface area contributed by atoms with Crippen molar-refractivity contribution in [2.75, 3.05) is 0 Å². The first-order valence-corrected chi connectivity index (χ1v) is 9.21. The number of amides is 1. The zero-order chi connectivity index (χ0) is 18.7. The number of benzene rings is 3. The van der Waals surface area contributed by atoms with Gasteiger partial charge in [0.25, 0.3) is 0 Å². The number of aromatic hydroxyl groups is 1. The molecule has 3 rings (SSSR count). The minimum Gasteiger partial charge on any atom is -0.508 e. The molecule has 0 unspecified atom stereocenters. The second kappa shape index (κ2) is 7.98. The van der Waals surface area contributed by atoms with Gasteiger partial charge in [0, 0.05) is 22.0 Å². The summed E-state index contributed by atoms with van der Waals surface area (Å²) in [6.07, 6.45) is 1.13. The number of halogens is 2. The predicted octanol–water partition coefficient (Wildman–Crippen LogP) is 5.86. The van der Waals surface area contributed by atoms with E-state index in [0.717, 1.165) is 17.2 Å². The topological polar surface area (TPSA) is 49.3 Å². The molecule has 26 heavy (non-hydrogen) atoms. The Bertz CT molecular complexity index is 956. The van der Waals surface area contributed by atoms with Crippen molar-refractivity contribution in [3.63, 3.8) is 0 Å². The molecule has 0 spiro atoms. The summed E-state index contributed by atoms with van der Waals surface area (Å²) in [6.45, 7) is 1.94. The Balaban J connectivity index is 2.21. The summed E-state index contributed by atoms with van der Waals surface area (Å²) >= 11 is 12.4. The largest absolute Gasteiger partial charge is 0.508 e. The zero-order valence-corrected chi connectivity index (χ0v) is 15.8. The summed E-state index contributed by atoms with van der Waals surface area (Å²) < 4.78 is 0. The van der Waals surface area contributed by atoms with E-state index in [-0.39, 0.29) is 11.7 Å². The molecular weight excluding hydrogens is 369 g/mol. The Hall–Kier alpha value is -2.23. The summed E-state index contributed by atoms with van der Waals surface area (Å²) in [4.78, 5) is 12.4. The van der Waals surface area contributed by atoms with E-state index in [0.29, 0.717) is 27.6 Å². The molecule has 0 heterocycles. The molecule has 3 aromatic rings. The second-order valence-corrected chi connectivity index (χ2v) is 6.98. The summed E-state index contributed by atoms with van der Waals surface area (Å²) in [7, 11) is 0. The number of phenolic OH excluding ortho intramolecular Hbond substituents is 1. The predicted molar refractivity (Wildman–Crippen MR) is 107 cm³/mol. The Kier molecular flexibility index (Phi) is 5.70. The minimum absolute atomic E-state index is 0.101. The van der Waals surface area contributed by atoms with E-state index in [4.69, 9.17) is 23.2 Å². The zero-order valence-electron chi connectivity index (χ0n) is 14.3. The third-order valence-electron chi connectivity index (χ3n) is 4.29. The molecular formula is C21H19Cl2NO2. The highest BCUT2D eigenvalue weighted by molar-refractivity contribution is 6.35. The Morgan fingerprint density at radius 3 is 2.62 bits per heavy atom. The number of carbonyl (C=O) groups is 1. The normalized spacial score (nSPS) is 12.1. The van der Waals surface area contributed by atoms with Crippen molar-refractivity contribution >= 4 is 39.9 Å². The van der Waals surface area contributed by atoms with E-state index in [2.05, 4.69) is 5.32 Å². The average molecular weight is 388 g/mol. The van der Waals surface area contributed by atoms with E-state index >= 15 is 0 Å². The molecule has 3 nitrogen and oxygen atoms in total. The third-order valence-corrected chi connectivity index (χ3v) is 4.85. The van der Waals surface area contributed by atoms with Crippen LogP contribution >= 0.6 is 23.2 Å². The Morgan fingerprint density at radius 1 is 1.12 bits per heavy atom. The van der Waals surface area contributed by atoms with Gasteiger partial charge in [0.2, 0.25) is 5.91 Å². The average Bonchev–Trinajstić information content (AvgIpc) is 2.61. The van der Waals surface area contributed by atoms with Gasteiger partial charge in [-0.1, -0.05) is 66.5 Å². The maximum absolute atomic E-state index is 12.4. The van der Waals surface area contributed by atoms with Crippen molar-refractivity contribution in [3.8, 4) is 5.75 Å². The highest BCUT2D eigenvalue weighted by atomic mass is 35.5. The van der Waals surface area contributed by atoms with Crippen molar-refractivity contribution in [2.45, 2.75) is 25.8 Å². The van der Waals surface area contributed by atoms with Crippen LogP contribution in [0, 0.1) is 0 Å². The van der Waals surface area contributed by atoms with Gasteiger partial charge in [-0.3, -0.25) is 4.79 Å². The van der Waals surface area contributed by atoms with Crippen molar-refractivity contribution < 1.29 is 9.90 Å². The van der Waals surface area contributed by atoms with Gasteiger partial charge in [0.15, 0.2) is 0 Å². The van der Waals surface area contributed by atoms with Gasteiger partial charge in [-0.2, -0.15) is 0 Å². The SMILES string of the molecule is CCCC(=O)N[C@@H](c1ccc(Cl)cc1Cl)c1c(O)ccc2ccccc12. The smallest absolute Gasteiger partial charge is 0.220 e. The molecule has 0 saturated carbocycles. The number of rotatable bonds is 5. The van der Waals surface area contributed by atoms with Gasteiger partial charge >= 0.3 is 0 Å². The van der Waals surface area contributed by atoms with Gasteiger partial charge < -0.3 is 10.4 Å². The number of hydrogen-bond donors (Lipinski definition) is 2. The van der Waals surface area contributed by atoms with Crippen molar-refractivity contribution in [3.05, 3.63) is 75.8 Å². The van der Waals surface area contributed by atoms with Crippen molar-refractivity contribution in [1.29, 1.82) is 0 Å². The molecule has 0 saturated heterocycles. The summed E-state index contributed by atoms with van der Waals surface area (Å²) in [5.41, 5.74) is 1.31. The van der Waals surface area contributed by atoms with Crippen molar-refractivity contribution in [1.82, 2.24) is 5.32 Å². The van der Waals surface area contributed by atoms with Gasteiger partial charge in [0.1, 0.15) is 5.75 Å². The van der Waals surface area contributed by atoms with Crippen LogP contribution < -0.4 is 5.32 Å². The molecule has 2 N–H and O–H groups in total. The van der Waals surface area contributed by atoms with Crippen LogP contribution in [0.5, 0.6) is 5.75 Å². The molecule has 3 aromatic carbocycles. The second-order valence-electron chi connectivity index (χ2n) is 6.14. The molecule has 1 amide bonds. The fourth-order valence-corrected chi connectivity index (χ4v) is 3.61. The Morgan fingerprint density at radius 2 is 1.88 bits per heavy atom. The molecule has 5 heteroatoms. The van der Waals surface area contributed by atoms with Crippen LogP contribution in [0.25, 0.3) is 10.8 Å². The van der Waals surface area contributed by atoms with Gasteiger partial charge in [-0.25, -0.2) is 0 Å². The van der Waals surface area contributed by atoms with Crippen LogP contribution in [-0.2, 0) is 4.79 Å². The lowest BCUT2D eigenvalue weighted by Crippen LogP contribution is -2.29. The van der Waals surface area contributed by atoms with Gasteiger partial charge in [-0.05, 0) is 41.0 Å². The van der Waals surface area contributed by atoms with Crippen LogP contribution in [0.4, 0.5) is 0 Å². The van der Waals surface area contributed by atoms with Crippen LogP contribution in [-0.4, -0.2) is 11.0 Å². The lowest BCUT2D eigenvalue weighted by molar-refractivity contribution is -0.121. The van der Waals surface area contributed by atoms with Gasteiger partial charge in [0.05, 0.1) is 6.04 Å². The van der Waals surface area contributed by atoms with Crippen LogP contribution in [0.2, 0.25) is 10.0 Å². The fourth-order valence-electron chi connectivity index (χ4n) is 3.09. The molecule has 0 aliphatic carbocycles. The quantitative estimate of drug-likeness (QED) is 0.575. The number of fused-ring (bicyclic) bond motifs is 1. The first kappa shape index (κ1) is 18.6. The summed E-state index contributed by atoms with van der Waals surface area (Å²) in [5, 5.41) is 16.4. The third kappa shape index (κ3) is 3.79. The number of nitrogens with one attached hydrogen (secondary N) is 1. The van der Waals surface area contributed by atoms with Crippen LogP contribution in [0.15, 0.2) is 54.6 Å².